The molecule has 3 aromatic carbocycles. The van der Waals surface area contributed by atoms with Crippen molar-refractivity contribution in [1.29, 1.82) is 0 Å². The summed E-state index contributed by atoms with van der Waals surface area (Å²) >= 11 is 12.6. The molecule has 0 unspecified atom stereocenters. The Kier molecular flexibility index (Phi) is 6.53. The minimum absolute atomic E-state index is 0. The molecule has 0 saturated heterocycles. The van der Waals surface area contributed by atoms with E-state index in [2.05, 4.69) is 12.1 Å². The van der Waals surface area contributed by atoms with E-state index in [0.717, 1.165) is 33.3 Å². The molecule has 0 aliphatic heterocycles. The molecule has 0 radical (unpaired) electrons. The van der Waals surface area contributed by atoms with Crippen LogP contribution in [0.3, 0.4) is 0 Å². The third-order valence-corrected chi connectivity index (χ3v) is 5.14. The van der Waals surface area contributed by atoms with Crippen LogP contribution in [0.4, 0.5) is 0 Å². The monoisotopic (exact) mass is 444 g/mol. The number of hydrogen-bond donors (Lipinski definition) is 0. The van der Waals surface area contributed by atoms with Crippen molar-refractivity contribution in [2.75, 3.05) is 14.2 Å². The fourth-order valence-corrected chi connectivity index (χ4v) is 3.67. The van der Waals surface area contributed by atoms with Gasteiger partial charge in [-0.3, -0.25) is 0 Å². The van der Waals surface area contributed by atoms with Gasteiger partial charge in [-0.1, -0.05) is 53.5 Å². The maximum Gasteiger partial charge on any atom is 0.141 e. The molecule has 1 heterocycles. The molecule has 29 heavy (non-hydrogen) atoms. The highest BCUT2D eigenvalue weighted by molar-refractivity contribution is 6.32. The predicted molar refractivity (Wildman–Crippen MR) is 116 cm³/mol. The fourth-order valence-electron chi connectivity index (χ4n) is 3.25. The summed E-state index contributed by atoms with van der Waals surface area (Å²) in [4.78, 5) is 4.84. The van der Waals surface area contributed by atoms with E-state index in [1.165, 1.54) is 0 Å². The molecule has 0 N–H and O–H groups in total. The number of rotatable bonds is 4. The van der Waals surface area contributed by atoms with E-state index in [0.29, 0.717) is 21.5 Å². The van der Waals surface area contributed by atoms with Crippen LogP contribution in [0, 0.1) is 0 Å². The first kappa shape index (κ1) is 21.3. The van der Waals surface area contributed by atoms with Gasteiger partial charge < -0.3 is 21.9 Å². The standard InChI is InChI=1S/C23H17Cl2NO2.ClH/c1-27-22-13-23(28-2)19(25)11-18(22)21-12-16(14-6-4-3-5-7-14)17-10-15(24)8-9-20(17)26-21;/h3-13H,1-2H3;1H/p-1. The van der Waals surface area contributed by atoms with Crippen molar-refractivity contribution in [3.63, 3.8) is 0 Å². The first-order valence-electron chi connectivity index (χ1n) is 8.68. The zero-order chi connectivity index (χ0) is 19.7. The lowest BCUT2D eigenvalue weighted by molar-refractivity contribution is -0.00000595. The second kappa shape index (κ2) is 8.91. The number of methoxy groups -OCH3 is 2. The molecule has 0 fully saturated rings. The Morgan fingerprint density at radius 2 is 1.48 bits per heavy atom. The summed E-state index contributed by atoms with van der Waals surface area (Å²) in [5.41, 5.74) is 4.52. The van der Waals surface area contributed by atoms with Gasteiger partial charge in [-0.05, 0) is 41.5 Å². The zero-order valence-electron chi connectivity index (χ0n) is 15.7. The topological polar surface area (TPSA) is 31.4 Å². The molecule has 0 amide bonds. The Bertz CT molecular complexity index is 1160. The summed E-state index contributed by atoms with van der Waals surface area (Å²) < 4.78 is 10.9. The summed E-state index contributed by atoms with van der Waals surface area (Å²) in [5, 5.41) is 2.16. The lowest BCUT2D eigenvalue weighted by atomic mass is 9.98. The number of benzene rings is 3. The van der Waals surface area contributed by atoms with Crippen LogP contribution >= 0.6 is 23.2 Å². The van der Waals surface area contributed by atoms with Crippen LogP contribution in [0.25, 0.3) is 33.3 Å². The smallest absolute Gasteiger partial charge is 0.141 e. The number of nitrogens with zero attached hydrogens (tertiary/aromatic N) is 1. The average Bonchev–Trinajstić information content (AvgIpc) is 2.73. The molecule has 0 saturated carbocycles. The van der Waals surface area contributed by atoms with Crippen molar-refractivity contribution in [3.05, 3.63) is 76.8 Å². The van der Waals surface area contributed by atoms with Crippen LogP contribution in [0.2, 0.25) is 10.0 Å². The number of pyridine rings is 1. The maximum absolute atomic E-state index is 6.38. The molecule has 3 nitrogen and oxygen atoms in total. The van der Waals surface area contributed by atoms with Crippen molar-refractivity contribution in [1.82, 2.24) is 4.98 Å². The molecule has 4 aromatic rings. The van der Waals surface area contributed by atoms with E-state index in [1.807, 2.05) is 48.5 Å². The van der Waals surface area contributed by atoms with E-state index in [-0.39, 0.29) is 12.4 Å². The van der Waals surface area contributed by atoms with Crippen LogP contribution < -0.4 is 21.9 Å². The van der Waals surface area contributed by atoms with E-state index < -0.39 is 0 Å². The largest absolute Gasteiger partial charge is 1.00 e. The van der Waals surface area contributed by atoms with E-state index in [1.54, 1.807) is 20.3 Å². The summed E-state index contributed by atoms with van der Waals surface area (Å²) in [6.45, 7) is 0. The second-order valence-electron chi connectivity index (χ2n) is 6.27. The van der Waals surface area contributed by atoms with Crippen molar-refractivity contribution >= 4 is 34.1 Å². The minimum atomic E-state index is 0. The number of fused-ring (bicyclic) bond motifs is 1. The lowest BCUT2D eigenvalue weighted by Crippen LogP contribution is -3.00. The highest BCUT2D eigenvalue weighted by atomic mass is 35.5. The number of aromatic nitrogens is 1. The van der Waals surface area contributed by atoms with Gasteiger partial charge >= 0.3 is 0 Å². The molecular formula is C23H17Cl3NO2-. The van der Waals surface area contributed by atoms with Crippen molar-refractivity contribution in [2.24, 2.45) is 0 Å². The molecule has 4 rings (SSSR count). The predicted octanol–water partition coefficient (Wildman–Crippen LogP) is 3.90. The van der Waals surface area contributed by atoms with Crippen LogP contribution in [0.5, 0.6) is 11.5 Å². The Hall–Kier alpha value is -2.46. The Labute approximate surface area is 185 Å². The summed E-state index contributed by atoms with van der Waals surface area (Å²) in [6, 6.07) is 21.5. The second-order valence-corrected chi connectivity index (χ2v) is 7.11. The fraction of sp³-hybridized carbons (Fsp3) is 0.0870. The van der Waals surface area contributed by atoms with Gasteiger partial charge in [-0.25, -0.2) is 4.98 Å². The molecule has 0 atom stereocenters. The molecule has 148 valence electrons. The lowest BCUT2D eigenvalue weighted by Gasteiger charge is -2.14. The minimum Gasteiger partial charge on any atom is -1.00 e. The molecule has 0 bridgehead atoms. The normalized spacial score (nSPS) is 10.5. The first-order valence-corrected chi connectivity index (χ1v) is 9.44. The number of halogens is 3. The molecular weight excluding hydrogens is 429 g/mol. The molecule has 0 aliphatic rings. The van der Waals surface area contributed by atoms with Crippen LogP contribution in [0.1, 0.15) is 0 Å². The quantitative estimate of drug-likeness (QED) is 0.477. The molecule has 0 aliphatic carbocycles. The van der Waals surface area contributed by atoms with Gasteiger partial charge in [0.2, 0.25) is 0 Å². The Balaban J connectivity index is 0.00000240. The molecule has 6 heteroatoms. The third-order valence-electron chi connectivity index (χ3n) is 4.61. The van der Waals surface area contributed by atoms with Crippen LogP contribution in [-0.4, -0.2) is 19.2 Å². The average molecular weight is 446 g/mol. The Morgan fingerprint density at radius 1 is 0.759 bits per heavy atom. The highest BCUT2D eigenvalue weighted by Crippen LogP contribution is 2.40. The van der Waals surface area contributed by atoms with Crippen molar-refractivity contribution < 1.29 is 21.9 Å². The van der Waals surface area contributed by atoms with Gasteiger partial charge in [0.15, 0.2) is 0 Å². The summed E-state index contributed by atoms with van der Waals surface area (Å²) in [5.74, 6) is 1.19. The molecule has 0 spiro atoms. The van der Waals surface area contributed by atoms with Gasteiger partial charge in [0.1, 0.15) is 11.5 Å². The summed E-state index contributed by atoms with van der Waals surface area (Å²) in [7, 11) is 3.19. The maximum atomic E-state index is 6.38. The van der Waals surface area contributed by atoms with Crippen molar-refractivity contribution in [3.8, 4) is 33.9 Å². The zero-order valence-corrected chi connectivity index (χ0v) is 18.0. The van der Waals surface area contributed by atoms with Crippen molar-refractivity contribution in [2.45, 2.75) is 0 Å². The van der Waals surface area contributed by atoms with Gasteiger partial charge in [0.25, 0.3) is 0 Å². The third kappa shape index (κ3) is 4.13. The number of hydrogen-bond acceptors (Lipinski definition) is 3. The van der Waals surface area contributed by atoms with E-state index in [9.17, 15) is 0 Å². The van der Waals surface area contributed by atoms with E-state index in [4.69, 9.17) is 37.7 Å². The first-order chi connectivity index (χ1) is 13.6. The SMILES string of the molecule is COc1cc(OC)c(-c2cc(-c3ccccc3)c3cc(Cl)ccc3n2)cc1Cl.[Cl-]. The Morgan fingerprint density at radius 3 is 2.17 bits per heavy atom. The highest BCUT2D eigenvalue weighted by Gasteiger charge is 2.16. The van der Waals surface area contributed by atoms with Crippen LogP contribution in [-0.2, 0) is 0 Å². The van der Waals surface area contributed by atoms with Crippen LogP contribution in [0.15, 0.2) is 66.7 Å². The van der Waals surface area contributed by atoms with E-state index >= 15 is 0 Å². The van der Waals surface area contributed by atoms with Gasteiger partial charge in [-0.2, -0.15) is 0 Å². The van der Waals surface area contributed by atoms with Gasteiger partial charge in [0.05, 0.1) is 30.5 Å². The molecule has 1 aromatic heterocycles. The number of ether oxygens (including phenoxy) is 2. The van der Waals surface area contributed by atoms with Gasteiger partial charge in [-0.15, -0.1) is 0 Å². The van der Waals surface area contributed by atoms with Gasteiger partial charge in [0, 0.05) is 22.0 Å². The summed E-state index contributed by atoms with van der Waals surface area (Å²) in [6.07, 6.45) is 0.